The molecule has 0 N–H and O–H groups in total. The first-order chi connectivity index (χ1) is 29.0. The minimum absolute atomic E-state index is 0.0733. The summed E-state index contributed by atoms with van der Waals surface area (Å²) in [5.74, 6) is -0.887. The van der Waals surface area contributed by atoms with Gasteiger partial charge < -0.3 is 14.2 Å². The van der Waals surface area contributed by atoms with E-state index in [4.69, 9.17) is 14.2 Å². The number of unbranched alkanes of at least 4 members (excludes halogenated alkanes) is 32. The molecule has 1 unspecified atom stereocenters. The Morgan fingerprint density at radius 1 is 0.339 bits per heavy atom. The maximum absolute atomic E-state index is 12.7. The monoisotopic (exact) mass is 831 g/mol. The van der Waals surface area contributed by atoms with E-state index < -0.39 is 6.10 Å². The van der Waals surface area contributed by atoms with Gasteiger partial charge in [0.05, 0.1) is 0 Å². The van der Waals surface area contributed by atoms with Gasteiger partial charge in [-0.3, -0.25) is 14.4 Å². The highest BCUT2D eigenvalue weighted by molar-refractivity contribution is 5.71. The molecule has 0 aromatic heterocycles. The number of ether oxygens (including phenoxy) is 3. The summed E-state index contributed by atoms with van der Waals surface area (Å²) in [5, 5.41) is 0. The fraction of sp³-hybridized carbons (Fsp3) is 0.868. The molecule has 6 heteroatoms. The number of carbonyl (C=O) groups excluding carboxylic acids is 3. The smallest absolute Gasteiger partial charge is 0.306 e. The summed E-state index contributed by atoms with van der Waals surface area (Å²) in [6, 6.07) is 0. The predicted molar refractivity (Wildman–Crippen MR) is 252 cm³/mol. The molecule has 0 saturated carbocycles. The van der Waals surface area contributed by atoms with Gasteiger partial charge in [-0.1, -0.05) is 238 Å². The van der Waals surface area contributed by atoms with E-state index in [1.807, 2.05) is 0 Å². The van der Waals surface area contributed by atoms with Crippen molar-refractivity contribution in [3.05, 3.63) is 24.3 Å². The van der Waals surface area contributed by atoms with Gasteiger partial charge in [0, 0.05) is 19.3 Å². The molecule has 0 fully saturated rings. The van der Waals surface area contributed by atoms with Crippen molar-refractivity contribution in [1.82, 2.24) is 0 Å². The molecule has 1 atom stereocenters. The lowest BCUT2D eigenvalue weighted by Crippen LogP contribution is -2.30. The lowest BCUT2D eigenvalue weighted by molar-refractivity contribution is -0.167. The Bertz CT molecular complexity index is 958. The van der Waals surface area contributed by atoms with Crippen LogP contribution in [0.15, 0.2) is 24.3 Å². The van der Waals surface area contributed by atoms with E-state index in [0.29, 0.717) is 19.3 Å². The third-order valence-electron chi connectivity index (χ3n) is 11.4. The summed E-state index contributed by atoms with van der Waals surface area (Å²) < 4.78 is 16.7. The normalized spacial score (nSPS) is 12.1. The van der Waals surface area contributed by atoms with Crippen LogP contribution in [-0.2, 0) is 28.6 Å². The van der Waals surface area contributed by atoms with Gasteiger partial charge in [0.15, 0.2) is 6.10 Å². The minimum Gasteiger partial charge on any atom is -0.462 e. The fourth-order valence-electron chi connectivity index (χ4n) is 7.54. The van der Waals surface area contributed by atoms with Crippen LogP contribution in [0.2, 0.25) is 0 Å². The van der Waals surface area contributed by atoms with Crippen LogP contribution in [-0.4, -0.2) is 37.2 Å². The van der Waals surface area contributed by atoms with Crippen LogP contribution in [0, 0.1) is 0 Å². The molecule has 59 heavy (non-hydrogen) atoms. The first kappa shape index (κ1) is 56.9. The number of allylic oxidation sites excluding steroid dienone is 4. The maximum atomic E-state index is 12.7. The molecule has 0 rings (SSSR count). The van der Waals surface area contributed by atoms with Crippen molar-refractivity contribution in [1.29, 1.82) is 0 Å². The predicted octanol–water partition coefficient (Wildman–Crippen LogP) is 16.8. The summed E-state index contributed by atoms with van der Waals surface area (Å²) in [5.41, 5.74) is 0. The topological polar surface area (TPSA) is 78.9 Å². The highest BCUT2D eigenvalue weighted by Crippen LogP contribution is 2.16. The van der Waals surface area contributed by atoms with Gasteiger partial charge in [0.1, 0.15) is 13.2 Å². The largest absolute Gasteiger partial charge is 0.462 e. The van der Waals surface area contributed by atoms with Gasteiger partial charge in [-0.05, 0) is 44.9 Å². The molecule has 0 aromatic carbocycles. The van der Waals surface area contributed by atoms with E-state index in [0.717, 1.165) is 89.9 Å². The highest BCUT2D eigenvalue weighted by atomic mass is 16.6. The molecule has 0 aromatic rings. The van der Waals surface area contributed by atoms with Gasteiger partial charge in [-0.2, -0.15) is 0 Å². The number of hydrogen-bond acceptors (Lipinski definition) is 6. The Hall–Kier alpha value is -2.11. The highest BCUT2D eigenvalue weighted by Gasteiger charge is 2.19. The van der Waals surface area contributed by atoms with Crippen molar-refractivity contribution in [2.24, 2.45) is 0 Å². The van der Waals surface area contributed by atoms with Crippen LogP contribution in [0.3, 0.4) is 0 Å². The molecule has 0 radical (unpaired) electrons. The third-order valence-corrected chi connectivity index (χ3v) is 11.4. The first-order valence-corrected chi connectivity index (χ1v) is 25.8. The van der Waals surface area contributed by atoms with E-state index in [2.05, 4.69) is 45.1 Å². The quantitative estimate of drug-likeness (QED) is 0.0263. The van der Waals surface area contributed by atoms with E-state index in [1.165, 1.54) is 148 Å². The molecule has 0 aliphatic heterocycles. The van der Waals surface area contributed by atoms with E-state index in [1.54, 1.807) is 0 Å². The Kier molecular flexibility index (Phi) is 46.8. The zero-order valence-corrected chi connectivity index (χ0v) is 39.5. The third kappa shape index (κ3) is 46.8. The molecule has 6 nitrogen and oxygen atoms in total. The van der Waals surface area contributed by atoms with Crippen LogP contribution in [0.25, 0.3) is 0 Å². The van der Waals surface area contributed by atoms with Crippen LogP contribution in [0.5, 0.6) is 0 Å². The second-order valence-corrected chi connectivity index (χ2v) is 17.4. The molecule has 0 heterocycles. The summed E-state index contributed by atoms with van der Waals surface area (Å²) in [6.45, 7) is 6.53. The van der Waals surface area contributed by atoms with E-state index >= 15 is 0 Å². The molecule has 0 bridgehead atoms. The summed E-state index contributed by atoms with van der Waals surface area (Å²) in [7, 11) is 0. The van der Waals surface area contributed by atoms with Crippen molar-refractivity contribution in [3.8, 4) is 0 Å². The minimum atomic E-state index is -0.770. The lowest BCUT2D eigenvalue weighted by Gasteiger charge is -2.18. The molecule has 346 valence electrons. The zero-order valence-electron chi connectivity index (χ0n) is 39.5. The number of carbonyl (C=O) groups is 3. The molecule has 0 spiro atoms. The van der Waals surface area contributed by atoms with E-state index in [-0.39, 0.29) is 31.1 Å². The van der Waals surface area contributed by atoms with Gasteiger partial charge in [-0.15, -0.1) is 0 Å². The second kappa shape index (κ2) is 48.6. The fourth-order valence-corrected chi connectivity index (χ4v) is 7.54. The average molecular weight is 831 g/mol. The number of esters is 3. The van der Waals surface area contributed by atoms with Crippen LogP contribution in [0.1, 0.15) is 278 Å². The van der Waals surface area contributed by atoms with Crippen molar-refractivity contribution < 1.29 is 28.6 Å². The maximum Gasteiger partial charge on any atom is 0.306 e. The summed E-state index contributed by atoms with van der Waals surface area (Å²) in [4.78, 5) is 37.7. The van der Waals surface area contributed by atoms with Crippen molar-refractivity contribution in [2.45, 2.75) is 284 Å². The van der Waals surface area contributed by atoms with Gasteiger partial charge in [0.2, 0.25) is 0 Å². The van der Waals surface area contributed by atoms with E-state index in [9.17, 15) is 14.4 Å². The van der Waals surface area contributed by atoms with Gasteiger partial charge in [0.25, 0.3) is 0 Å². The van der Waals surface area contributed by atoms with Crippen LogP contribution < -0.4 is 0 Å². The van der Waals surface area contributed by atoms with Crippen LogP contribution in [0.4, 0.5) is 0 Å². The Labute approximate surface area is 366 Å². The molecule has 0 saturated heterocycles. The average Bonchev–Trinajstić information content (AvgIpc) is 3.23. The van der Waals surface area contributed by atoms with Crippen molar-refractivity contribution in [3.63, 3.8) is 0 Å². The SMILES string of the molecule is CCC/C=C\C/C=C\CCCCCCCC(=O)OC(COC(=O)CCCCCCCC)COC(=O)CCCCCCCCCCCCCCCCCCCCCCCC. The Balaban J connectivity index is 4.10. The second-order valence-electron chi connectivity index (χ2n) is 17.4. The lowest BCUT2D eigenvalue weighted by atomic mass is 10.0. The van der Waals surface area contributed by atoms with Crippen molar-refractivity contribution in [2.75, 3.05) is 13.2 Å². The molecule has 0 aliphatic carbocycles. The Morgan fingerprint density at radius 3 is 1.00 bits per heavy atom. The van der Waals surface area contributed by atoms with Gasteiger partial charge >= 0.3 is 17.9 Å². The molecular weight excluding hydrogens is 733 g/mol. The zero-order chi connectivity index (χ0) is 43.0. The molecule has 0 amide bonds. The standard InChI is InChI=1S/C53H98O6/c1-4-7-10-13-16-18-20-22-23-24-25-26-27-28-29-30-32-33-35-37-40-43-46-52(55)58-49-50(48-57-51(54)45-42-39-15-12-9-6-3)59-53(56)47-44-41-38-36-34-31-21-19-17-14-11-8-5-2/h11,14,19,21,50H,4-10,12-13,15-18,20,22-49H2,1-3H3/b14-11-,21-19-. The first-order valence-electron chi connectivity index (χ1n) is 25.8. The van der Waals surface area contributed by atoms with Crippen LogP contribution >= 0.6 is 0 Å². The number of rotatable bonds is 47. The van der Waals surface area contributed by atoms with Gasteiger partial charge in [-0.25, -0.2) is 0 Å². The summed E-state index contributed by atoms with van der Waals surface area (Å²) >= 11 is 0. The van der Waals surface area contributed by atoms with Crippen molar-refractivity contribution >= 4 is 17.9 Å². The molecule has 0 aliphatic rings. The molecular formula is C53H98O6. The Morgan fingerprint density at radius 2 is 0.644 bits per heavy atom. The summed E-state index contributed by atoms with van der Waals surface area (Å²) in [6.07, 6.45) is 54.8. The number of hydrogen-bond donors (Lipinski definition) is 0.